The number of rotatable bonds is 2. The summed E-state index contributed by atoms with van der Waals surface area (Å²) >= 11 is 0. The number of carbonyl (C=O) groups is 1. The lowest BCUT2D eigenvalue weighted by atomic mass is 9.63. The molecular formula is C23H17F3O. The molecule has 0 fully saturated rings. The van der Waals surface area contributed by atoms with Gasteiger partial charge in [0.05, 0.1) is 5.56 Å². The molecule has 4 rings (SSSR count). The summed E-state index contributed by atoms with van der Waals surface area (Å²) in [4.78, 5) is 13.0. The van der Waals surface area contributed by atoms with Gasteiger partial charge in [-0.2, -0.15) is 13.2 Å². The van der Waals surface area contributed by atoms with Crippen LogP contribution in [0.4, 0.5) is 13.2 Å². The molecule has 0 unspecified atom stereocenters. The van der Waals surface area contributed by atoms with Crippen LogP contribution < -0.4 is 0 Å². The van der Waals surface area contributed by atoms with Gasteiger partial charge in [-0.1, -0.05) is 66.7 Å². The van der Waals surface area contributed by atoms with Gasteiger partial charge in [-0.3, -0.25) is 4.79 Å². The van der Waals surface area contributed by atoms with E-state index in [0.717, 1.165) is 23.3 Å². The van der Waals surface area contributed by atoms with E-state index in [0.29, 0.717) is 12.0 Å². The fraction of sp³-hybridized carbons (Fsp3) is 0.174. The number of ketones is 1. The van der Waals surface area contributed by atoms with Crippen molar-refractivity contribution in [3.05, 3.63) is 107 Å². The Morgan fingerprint density at radius 1 is 0.741 bits per heavy atom. The van der Waals surface area contributed by atoms with Gasteiger partial charge in [0.1, 0.15) is 0 Å². The Bertz CT molecular complexity index is 936. The summed E-state index contributed by atoms with van der Waals surface area (Å²) in [6.45, 7) is 0. The van der Waals surface area contributed by atoms with Gasteiger partial charge in [0.25, 0.3) is 0 Å². The number of carbonyl (C=O) groups excluding carboxylic acids is 1. The first-order chi connectivity index (χ1) is 12.9. The maximum Gasteiger partial charge on any atom is 0.416 e. The molecule has 0 amide bonds. The van der Waals surface area contributed by atoms with Crippen LogP contribution >= 0.6 is 0 Å². The zero-order valence-corrected chi connectivity index (χ0v) is 14.5. The molecule has 1 aliphatic rings. The summed E-state index contributed by atoms with van der Waals surface area (Å²) in [5, 5.41) is 0. The highest BCUT2D eigenvalue weighted by Gasteiger charge is 2.42. The average Bonchev–Trinajstić information content (AvgIpc) is 2.68. The number of alkyl halides is 3. The number of benzene rings is 3. The van der Waals surface area contributed by atoms with Gasteiger partial charge < -0.3 is 0 Å². The fourth-order valence-electron chi connectivity index (χ4n) is 4.01. The van der Waals surface area contributed by atoms with Gasteiger partial charge >= 0.3 is 6.18 Å². The molecule has 0 aliphatic heterocycles. The van der Waals surface area contributed by atoms with Crippen molar-refractivity contribution in [3.63, 3.8) is 0 Å². The fourth-order valence-corrected chi connectivity index (χ4v) is 4.01. The minimum Gasteiger partial charge on any atom is -0.294 e. The Morgan fingerprint density at radius 3 is 1.81 bits per heavy atom. The third-order valence-corrected chi connectivity index (χ3v) is 5.34. The average molecular weight is 366 g/mol. The Kier molecular flexibility index (Phi) is 4.14. The monoisotopic (exact) mass is 366 g/mol. The predicted octanol–water partition coefficient (Wildman–Crippen LogP) is 5.82. The summed E-state index contributed by atoms with van der Waals surface area (Å²) in [7, 11) is 0. The molecule has 3 aromatic carbocycles. The smallest absolute Gasteiger partial charge is 0.294 e. The third kappa shape index (κ3) is 3.05. The van der Waals surface area contributed by atoms with Gasteiger partial charge in [-0.05, 0) is 35.2 Å². The molecule has 136 valence electrons. The number of hydrogen-bond acceptors (Lipinski definition) is 1. The lowest BCUT2D eigenvalue weighted by Crippen LogP contribution is -2.37. The van der Waals surface area contributed by atoms with E-state index in [1.54, 1.807) is 0 Å². The van der Waals surface area contributed by atoms with Gasteiger partial charge in [0.15, 0.2) is 5.78 Å². The van der Waals surface area contributed by atoms with Crippen LogP contribution in [0, 0.1) is 0 Å². The molecule has 0 aromatic heterocycles. The van der Waals surface area contributed by atoms with Crippen LogP contribution in [0.15, 0.2) is 78.9 Å². The van der Waals surface area contributed by atoms with Crippen molar-refractivity contribution < 1.29 is 18.0 Å². The summed E-state index contributed by atoms with van der Waals surface area (Å²) in [5.41, 5.74) is 1.48. The van der Waals surface area contributed by atoms with Crippen LogP contribution in [0.3, 0.4) is 0 Å². The summed E-state index contributed by atoms with van der Waals surface area (Å²) < 4.78 is 39.2. The lowest BCUT2D eigenvalue weighted by molar-refractivity contribution is -0.137. The standard InChI is InChI=1S/C23H17F3O/c24-23(25,26)19-12-11-16-14-22(15-21(27)20(16)13-19,17-7-3-1-4-8-17)18-9-5-2-6-10-18/h1-13H,14-15H2. The van der Waals surface area contributed by atoms with E-state index in [-0.39, 0.29) is 17.8 Å². The molecule has 0 bridgehead atoms. The van der Waals surface area contributed by atoms with Crippen molar-refractivity contribution in [2.45, 2.75) is 24.4 Å². The van der Waals surface area contributed by atoms with Crippen molar-refractivity contribution in [1.29, 1.82) is 0 Å². The summed E-state index contributed by atoms with van der Waals surface area (Å²) in [6.07, 6.45) is -3.82. The van der Waals surface area contributed by atoms with Crippen molar-refractivity contribution in [1.82, 2.24) is 0 Å². The van der Waals surface area contributed by atoms with Gasteiger partial charge in [-0.25, -0.2) is 0 Å². The lowest BCUT2D eigenvalue weighted by Gasteiger charge is -2.39. The maximum atomic E-state index is 13.1. The van der Waals surface area contributed by atoms with Gasteiger partial charge in [0.2, 0.25) is 0 Å². The molecule has 0 saturated carbocycles. The topological polar surface area (TPSA) is 17.1 Å². The highest BCUT2D eigenvalue weighted by molar-refractivity contribution is 6.00. The van der Waals surface area contributed by atoms with Crippen LogP contribution in [0.1, 0.15) is 39.0 Å². The van der Waals surface area contributed by atoms with Crippen LogP contribution in [-0.2, 0) is 18.0 Å². The second kappa shape index (κ2) is 6.38. The summed E-state index contributed by atoms with van der Waals surface area (Å²) in [6, 6.07) is 23.0. The van der Waals surface area contributed by atoms with Crippen LogP contribution in [0.2, 0.25) is 0 Å². The Hall–Kier alpha value is -2.88. The minimum atomic E-state index is -4.46. The SMILES string of the molecule is O=C1CC(c2ccccc2)(c2ccccc2)Cc2ccc(C(F)(F)F)cc21. The van der Waals surface area contributed by atoms with Crippen molar-refractivity contribution in [3.8, 4) is 0 Å². The molecule has 4 heteroatoms. The second-order valence-electron chi connectivity index (χ2n) is 6.96. The van der Waals surface area contributed by atoms with E-state index in [9.17, 15) is 18.0 Å². The number of hydrogen-bond donors (Lipinski definition) is 0. The molecule has 0 atom stereocenters. The maximum absolute atomic E-state index is 13.1. The van der Waals surface area contributed by atoms with Crippen LogP contribution in [-0.4, -0.2) is 5.78 Å². The zero-order valence-electron chi connectivity index (χ0n) is 14.5. The minimum absolute atomic E-state index is 0.148. The molecule has 1 aliphatic carbocycles. The van der Waals surface area contributed by atoms with E-state index in [2.05, 4.69) is 0 Å². The van der Waals surface area contributed by atoms with Crippen molar-refractivity contribution in [2.24, 2.45) is 0 Å². The summed E-state index contributed by atoms with van der Waals surface area (Å²) in [5.74, 6) is -0.255. The molecule has 27 heavy (non-hydrogen) atoms. The first-order valence-electron chi connectivity index (χ1n) is 8.74. The van der Waals surface area contributed by atoms with E-state index < -0.39 is 17.2 Å². The third-order valence-electron chi connectivity index (χ3n) is 5.34. The Labute approximate surface area is 155 Å². The molecular weight excluding hydrogens is 349 g/mol. The molecule has 0 N–H and O–H groups in total. The first kappa shape index (κ1) is 17.5. The Balaban J connectivity index is 1.88. The largest absolute Gasteiger partial charge is 0.416 e. The second-order valence-corrected chi connectivity index (χ2v) is 6.96. The molecule has 3 aromatic rings. The molecule has 0 saturated heterocycles. The molecule has 1 nitrogen and oxygen atoms in total. The van der Waals surface area contributed by atoms with E-state index in [4.69, 9.17) is 0 Å². The van der Waals surface area contributed by atoms with Crippen LogP contribution in [0.25, 0.3) is 0 Å². The Morgan fingerprint density at radius 2 is 1.30 bits per heavy atom. The molecule has 0 radical (unpaired) electrons. The molecule has 0 heterocycles. The van der Waals surface area contributed by atoms with E-state index in [1.807, 2.05) is 60.7 Å². The highest BCUT2D eigenvalue weighted by atomic mass is 19.4. The van der Waals surface area contributed by atoms with Crippen LogP contribution in [0.5, 0.6) is 0 Å². The van der Waals surface area contributed by atoms with Crippen molar-refractivity contribution >= 4 is 5.78 Å². The van der Waals surface area contributed by atoms with Crippen molar-refractivity contribution in [2.75, 3.05) is 0 Å². The van der Waals surface area contributed by atoms with E-state index in [1.165, 1.54) is 6.07 Å². The zero-order chi connectivity index (χ0) is 19.1. The van der Waals surface area contributed by atoms with Gasteiger partial charge in [0, 0.05) is 17.4 Å². The number of Topliss-reactive ketones (excluding diaryl/α,β-unsaturated/α-hetero) is 1. The quantitative estimate of drug-likeness (QED) is 0.558. The van der Waals surface area contributed by atoms with E-state index >= 15 is 0 Å². The number of fused-ring (bicyclic) bond motifs is 1. The highest BCUT2D eigenvalue weighted by Crippen LogP contribution is 2.44. The number of halogens is 3. The van der Waals surface area contributed by atoms with Gasteiger partial charge in [-0.15, -0.1) is 0 Å². The molecule has 0 spiro atoms. The first-order valence-corrected chi connectivity index (χ1v) is 8.74. The predicted molar refractivity (Wildman–Crippen MR) is 97.8 cm³/mol. The normalized spacial score (nSPS) is 16.0.